The standard InChI is InChI=1S/C24H25NO6/c1-3-14-31-19-11-7-17(8-12-19)22(27)20-21(16-5-9-18(26)10-6-16)25(13-4-15-30-2)24(29)23(20)28/h3,5-12,21,26-27H,1,4,13-15H2,2H3/b22-20+/t21-/m1/s1. The molecule has 7 heteroatoms. The van der Waals surface area contributed by atoms with Gasteiger partial charge in [0.2, 0.25) is 0 Å². The third kappa shape index (κ3) is 4.78. The molecule has 1 aliphatic heterocycles. The Morgan fingerprint density at radius 1 is 1.13 bits per heavy atom. The van der Waals surface area contributed by atoms with Gasteiger partial charge in [-0.2, -0.15) is 0 Å². The first-order chi connectivity index (χ1) is 15.0. The lowest BCUT2D eigenvalue weighted by Crippen LogP contribution is -2.31. The van der Waals surface area contributed by atoms with Gasteiger partial charge < -0.3 is 24.6 Å². The number of methoxy groups -OCH3 is 1. The van der Waals surface area contributed by atoms with E-state index in [-0.39, 0.29) is 23.6 Å². The van der Waals surface area contributed by atoms with Crippen LogP contribution in [-0.2, 0) is 14.3 Å². The first-order valence-corrected chi connectivity index (χ1v) is 9.88. The van der Waals surface area contributed by atoms with Crippen LogP contribution in [0.5, 0.6) is 11.5 Å². The lowest BCUT2D eigenvalue weighted by molar-refractivity contribution is -0.140. The summed E-state index contributed by atoms with van der Waals surface area (Å²) in [5, 5.41) is 20.6. The molecule has 0 aliphatic carbocycles. The van der Waals surface area contributed by atoms with Crippen molar-refractivity contribution in [3.05, 3.63) is 77.9 Å². The number of phenolic OH excluding ortho intramolecular Hbond substituents is 1. The number of ketones is 1. The number of phenols is 1. The number of aromatic hydroxyl groups is 1. The second kappa shape index (κ2) is 9.95. The number of aliphatic hydroxyl groups is 1. The van der Waals surface area contributed by atoms with Crippen LogP contribution >= 0.6 is 0 Å². The largest absolute Gasteiger partial charge is 0.508 e. The van der Waals surface area contributed by atoms with Crippen LogP contribution in [0.1, 0.15) is 23.6 Å². The van der Waals surface area contributed by atoms with E-state index < -0.39 is 17.7 Å². The molecule has 1 heterocycles. The SMILES string of the molecule is C=CCOc1ccc(/C(O)=C2\C(=O)C(=O)N(CCCOC)[C@@H]2c2ccc(O)cc2)cc1. The summed E-state index contributed by atoms with van der Waals surface area (Å²) in [5.74, 6) is -1.04. The Hall–Kier alpha value is -3.58. The molecule has 1 saturated heterocycles. The second-order valence-corrected chi connectivity index (χ2v) is 7.05. The Morgan fingerprint density at radius 2 is 1.81 bits per heavy atom. The molecule has 1 aliphatic rings. The van der Waals surface area contributed by atoms with E-state index in [1.165, 1.54) is 17.0 Å². The fourth-order valence-electron chi connectivity index (χ4n) is 3.51. The molecule has 0 spiro atoms. The molecule has 0 radical (unpaired) electrons. The number of likely N-dealkylation sites (tertiary alicyclic amines) is 1. The van der Waals surface area contributed by atoms with E-state index in [0.717, 1.165) is 0 Å². The van der Waals surface area contributed by atoms with E-state index in [1.54, 1.807) is 49.6 Å². The predicted octanol–water partition coefficient (Wildman–Crippen LogP) is 3.42. The maximum Gasteiger partial charge on any atom is 0.295 e. The number of benzene rings is 2. The van der Waals surface area contributed by atoms with E-state index in [4.69, 9.17) is 9.47 Å². The van der Waals surface area contributed by atoms with E-state index in [1.807, 2.05) is 0 Å². The second-order valence-electron chi connectivity index (χ2n) is 7.05. The van der Waals surface area contributed by atoms with Crippen molar-refractivity contribution in [1.29, 1.82) is 0 Å². The maximum atomic E-state index is 12.9. The lowest BCUT2D eigenvalue weighted by Gasteiger charge is -2.25. The average molecular weight is 423 g/mol. The van der Waals surface area contributed by atoms with Crippen molar-refractivity contribution in [2.75, 3.05) is 26.9 Å². The summed E-state index contributed by atoms with van der Waals surface area (Å²) in [6.07, 6.45) is 2.16. The zero-order valence-electron chi connectivity index (χ0n) is 17.3. The van der Waals surface area contributed by atoms with Gasteiger partial charge in [0, 0.05) is 25.8 Å². The highest BCUT2D eigenvalue weighted by atomic mass is 16.5. The summed E-state index contributed by atoms with van der Waals surface area (Å²) in [4.78, 5) is 27.1. The molecule has 2 aromatic rings. The fourth-order valence-corrected chi connectivity index (χ4v) is 3.51. The highest BCUT2D eigenvalue weighted by Crippen LogP contribution is 2.40. The third-order valence-electron chi connectivity index (χ3n) is 4.99. The zero-order valence-corrected chi connectivity index (χ0v) is 17.3. The van der Waals surface area contributed by atoms with E-state index in [2.05, 4.69) is 6.58 Å². The number of rotatable bonds is 9. The Bertz CT molecular complexity index is 978. The number of carbonyl (C=O) groups is 2. The Balaban J connectivity index is 2.03. The molecular formula is C24H25NO6. The Morgan fingerprint density at radius 3 is 2.42 bits per heavy atom. The van der Waals surface area contributed by atoms with Crippen LogP contribution < -0.4 is 4.74 Å². The lowest BCUT2D eigenvalue weighted by atomic mass is 9.95. The molecule has 162 valence electrons. The van der Waals surface area contributed by atoms with E-state index in [0.29, 0.717) is 36.5 Å². The first kappa shape index (κ1) is 22.1. The van der Waals surface area contributed by atoms with Crippen LogP contribution in [0, 0.1) is 0 Å². The predicted molar refractivity (Wildman–Crippen MR) is 116 cm³/mol. The topological polar surface area (TPSA) is 96.3 Å². The van der Waals surface area contributed by atoms with Gasteiger partial charge >= 0.3 is 0 Å². The maximum absolute atomic E-state index is 12.9. The number of Topliss-reactive ketones (excluding diaryl/α,β-unsaturated/α-hetero) is 1. The van der Waals surface area contributed by atoms with Gasteiger partial charge in [-0.25, -0.2) is 0 Å². The number of carbonyl (C=O) groups excluding carboxylic acids is 2. The molecule has 1 amide bonds. The van der Waals surface area contributed by atoms with Gasteiger partial charge in [-0.3, -0.25) is 9.59 Å². The van der Waals surface area contributed by atoms with Crippen molar-refractivity contribution in [1.82, 2.24) is 4.90 Å². The van der Waals surface area contributed by atoms with Gasteiger partial charge in [-0.1, -0.05) is 24.8 Å². The molecule has 1 atom stereocenters. The molecule has 1 fully saturated rings. The minimum absolute atomic E-state index is 0.00728. The number of hydrogen-bond donors (Lipinski definition) is 2. The molecule has 0 bridgehead atoms. The molecule has 0 aromatic heterocycles. The highest BCUT2D eigenvalue weighted by Gasteiger charge is 2.45. The van der Waals surface area contributed by atoms with Gasteiger partial charge in [0.25, 0.3) is 11.7 Å². The number of nitrogens with zero attached hydrogens (tertiary/aromatic N) is 1. The van der Waals surface area contributed by atoms with Gasteiger partial charge in [-0.05, 0) is 48.4 Å². The average Bonchev–Trinajstić information content (AvgIpc) is 3.03. The highest BCUT2D eigenvalue weighted by molar-refractivity contribution is 6.46. The summed E-state index contributed by atoms with van der Waals surface area (Å²) in [6, 6.07) is 12.1. The van der Waals surface area contributed by atoms with E-state index in [9.17, 15) is 19.8 Å². The number of aliphatic hydroxyl groups excluding tert-OH is 1. The zero-order chi connectivity index (χ0) is 22.4. The van der Waals surface area contributed by atoms with Crippen molar-refractivity contribution in [2.45, 2.75) is 12.5 Å². The van der Waals surface area contributed by atoms with Gasteiger partial charge in [0.05, 0.1) is 11.6 Å². The van der Waals surface area contributed by atoms with Crippen LogP contribution in [0.15, 0.2) is 66.8 Å². The first-order valence-electron chi connectivity index (χ1n) is 9.88. The molecule has 0 saturated carbocycles. The summed E-state index contributed by atoms with van der Waals surface area (Å²) >= 11 is 0. The molecule has 31 heavy (non-hydrogen) atoms. The third-order valence-corrected chi connectivity index (χ3v) is 4.99. The molecule has 3 rings (SSSR count). The van der Waals surface area contributed by atoms with Crippen molar-refractivity contribution >= 4 is 17.4 Å². The van der Waals surface area contributed by atoms with Crippen LogP contribution in [0.4, 0.5) is 0 Å². The molecule has 2 N–H and O–H groups in total. The van der Waals surface area contributed by atoms with Crippen molar-refractivity contribution in [2.24, 2.45) is 0 Å². The van der Waals surface area contributed by atoms with Crippen molar-refractivity contribution in [3.63, 3.8) is 0 Å². The summed E-state index contributed by atoms with van der Waals surface area (Å²) in [7, 11) is 1.56. The van der Waals surface area contributed by atoms with Crippen LogP contribution in [0.25, 0.3) is 5.76 Å². The quantitative estimate of drug-likeness (QED) is 0.211. The van der Waals surface area contributed by atoms with E-state index >= 15 is 0 Å². The molecular weight excluding hydrogens is 398 g/mol. The van der Waals surface area contributed by atoms with Gasteiger partial charge in [0.15, 0.2) is 0 Å². The summed E-state index contributed by atoms with van der Waals surface area (Å²) in [5.41, 5.74) is 1.01. The van der Waals surface area contributed by atoms with Gasteiger partial charge in [0.1, 0.15) is 23.9 Å². The monoisotopic (exact) mass is 423 g/mol. The molecule has 2 aromatic carbocycles. The molecule has 7 nitrogen and oxygen atoms in total. The summed E-state index contributed by atoms with van der Waals surface area (Å²) < 4.78 is 10.5. The fraction of sp³-hybridized carbons (Fsp3) is 0.250. The number of hydrogen-bond acceptors (Lipinski definition) is 6. The van der Waals surface area contributed by atoms with Crippen molar-refractivity contribution < 1.29 is 29.3 Å². The normalized spacial score (nSPS) is 17.7. The minimum atomic E-state index is -0.769. The Kier molecular flexibility index (Phi) is 7.10. The van der Waals surface area contributed by atoms with Crippen molar-refractivity contribution in [3.8, 4) is 11.5 Å². The minimum Gasteiger partial charge on any atom is -0.508 e. The number of ether oxygens (including phenoxy) is 2. The van der Waals surface area contributed by atoms with Crippen LogP contribution in [0.2, 0.25) is 0 Å². The number of amides is 1. The smallest absolute Gasteiger partial charge is 0.295 e. The molecule has 0 unspecified atom stereocenters. The van der Waals surface area contributed by atoms with Crippen LogP contribution in [0.3, 0.4) is 0 Å². The summed E-state index contributed by atoms with van der Waals surface area (Å²) in [6.45, 7) is 4.66. The van der Waals surface area contributed by atoms with Crippen LogP contribution in [-0.4, -0.2) is 53.7 Å². The Labute approximate surface area is 180 Å². The van der Waals surface area contributed by atoms with Gasteiger partial charge in [-0.15, -0.1) is 0 Å².